The summed E-state index contributed by atoms with van der Waals surface area (Å²) < 4.78 is 5.62. The van der Waals surface area contributed by atoms with Gasteiger partial charge in [0.05, 0.1) is 5.75 Å². The van der Waals surface area contributed by atoms with E-state index in [2.05, 4.69) is 10.2 Å². The molecule has 0 unspecified atom stereocenters. The molecule has 0 saturated heterocycles. The number of hydrogen-bond acceptors (Lipinski definition) is 5. The Morgan fingerprint density at radius 3 is 2.68 bits per heavy atom. The van der Waals surface area contributed by atoms with Crippen LogP contribution in [0.1, 0.15) is 32.6 Å². The van der Waals surface area contributed by atoms with Gasteiger partial charge in [0.25, 0.3) is 0 Å². The van der Waals surface area contributed by atoms with Crippen LogP contribution in [-0.4, -0.2) is 10.2 Å². The number of benzene rings is 1. The van der Waals surface area contributed by atoms with E-state index >= 15 is 0 Å². The van der Waals surface area contributed by atoms with Gasteiger partial charge >= 0.3 is 0 Å². The Balaban J connectivity index is 2.06. The molecule has 0 atom stereocenters. The Morgan fingerprint density at radius 2 is 2.05 bits per heavy atom. The van der Waals surface area contributed by atoms with Gasteiger partial charge in [0.15, 0.2) is 0 Å². The second-order valence-corrected chi connectivity index (χ2v) is 6.68. The lowest BCUT2D eigenvalue weighted by Crippen LogP contribution is -2.11. The van der Waals surface area contributed by atoms with E-state index < -0.39 is 0 Å². The number of thioether (sulfide) groups is 1. The topological polar surface area (TPSA) is 64.9 Å². The predicted molar refractivity (Wildman–Crippen MR) is 78.4 cm³/mol. The van der Waals surface area contributed by atoms with Crippen LogP contribution in [0.2, 0.25) is 5.02 Å². The highest BCUT2D eigenvalue weighted by atomic mass is 35.5. The first-order valence-electron chi connectivity index (χ1n) is 5.87. The summed E-state index contributed by atoms with van der Waals surface area (Å²) >= 11 is 7.47. The molecule has 2 N–H and O–H groups in total. The van der Waals surface area contributed by atoms with Crippen molar-refractivity contribution in [3.63, 3.8) is 0 Å². The van der Waals surface area contributed by atoms with Crippen molar-refractivity contribution in [3.05, 3.63) is 35.0 Å². The number of anilines is 1. The van der Waals surface area contributed by atoms with Crippen molar-refractivity contribution in [2.24, 2.45) is 0 Å². The SMILES string of the molecule is CC(C)(C)c1nnc(CSc2cc(Cl)ccc2N)o1. The highest BCUT2D eigenvalue weighted by Crippen LogP contribution is 2.31. The van der Waals surface area contributed by atoms with Crippen molar-refractivity contribution >= 4 is 29.1 Å². The normalized spacial score (nSPS) is 11.8. The first-order chi connectivity index (χ1) is 8.86. The fourth-order valence-electron chi connectivity index (χ4n) is 1.39. The molecule has 1 aromatic carbocycles. The minimum Gasteiger partial charge on any atom is -0.424 e. The van der Waals surface area contributed by atoms with Gasteiger partial charge < -0.3 is 10.2 Å². The van der Waals surface area contributed by atoms with Crippen molar-refractivity contribution in [2.75, 3.05) is 5.73 Å². The number of nitrogen functional groups attached to an aromatic ring is 1. The Hall–Kier alpha value is -1.20. The zero-order valence-electron chi connectivity index (χ0n) is 11.1. The van der Waals surface area contributed by atoms with Crippen LogP contribution in [0, 0.1) is 0 Å². The molecule has 0 amide bonds. The number of nitrogens with two attached hydrogens (primary N) is 1. The van der Waals surface area contributed by atoms with Crippen molar-refractivity contribution in [2.45, 2.75) is 36.8 Å². The minimum atomic E-state index is -0.134. The molecular weight excluding hydrogens is 282 g/mol. The van der Waals surface area contributed by atoms with Gasteiger partial charge in [-0.25, -0.2) is 0 Å². The molecule has 0 bridgehead atoms. The molecular formula is C13H16ClN3OS. The van der Waals surface area contributed by atoms with Crippen LogP contribution in [0.3, 0.4) is 0 Å². The first kappa shape index (κ1) is 14.2. The van der Waals surface area contributed by atoms with Gasteiger partial charge in [-0.2, -0.15) is 0 Å². The first-order valence-corrected chi connectivity index (χ1v) is 7.23. The summed E-state index contributed by atoms with van der Waals surface area (Å²) in [6.45, 7) is 6.10. The summed E-state index contributed by atoms with van der Waals surface area (Å²) in [5, 5.41) is 8.76. The molecule has 1 aromatic heterocycles. The third-order valence-corrected chi connectivity index (χ3v) is 3.73. The summed E-state index contributed by atoms with van der Waals surface area (Å²) in [6.07, 6.45) is 0. The van der Waals surface area contributed by atoms with Crippen LogP contribution >= 0.6 is 23.4 Å². The van der Waals surface area contributed by atoms with Crippen LogP contribution in [0.15, 0.2) is 27.5 Å². The van der Waals surface area contributed by atoms with Crippen LogP contribution < -0.4 is 5.73 Å². The summed E-state index contributed by atoms with van der Waals surface area (Å²) in [7, 11) is 0. The maximum atomic E-state index is 5.94. The zero-order chi connectivity index (χ0) is 14.0. The molecule has 6 heteroatoms. The van der Waals surface area contributed by atoms with Gasteiger partial charge in [0.1, 0.15) is 0 Å². The quantitative estimate of drug-likeness (QED) is 0.687. The number of halogens is 1. The van der Waals surface area contributed by atoms with E-state index in [1.807, 2.05) is 26.8 Å². The molecule has 102 valence electrons. The van der Waals surface area contributed by atoms with E-state index in [0.29, 0.717) is 28.2 Å². The van der Waals surface area contributed by atoms with E-state index in [0.717, 1.165) is 4.90 Å². The summed E-state index contributed by atoms with van der Waals surface area (Å²) in [5.74, 6) is 1.81. The molecule has 0 saturated carbocycles. The van der Waals surface area contributed by atoms with Crippen molar-refractivity contribution < 1.29 is 4.42 Å². The van der Waals surface area contributed by atoms with E-state index in [1.165, 1.54) is 11.8 Å². The van der Waals surface area contributed by atoms with E-state index in [4.69, 9.17) is 21.8 Å². The Bertz CT molecular complexity index is 578. The molecule has 19 heavy (non-hydrogen) atoms. The molecule has 1 heterocycles. The fourth-order valence-corrected chi connectivity index (χ4v) is 2.47. The monoisotopic (exact) mass is 297 g/mol. The summed E-state index contributed by atoms with van der Waals surface area (Å²) in [4.78, 5) is 0.919. The van der Waals surface area contributed by atoms with Crippen molar-refractivity contribution in [3.8, 4) is 0 Å². The lowest BCUT2D eigenvalue weighted by atomic mass is 9.97. The highest BCUT2D eigenvalue weighted by molar-refractivity contribution is 7.98. The second kappa shape index (κ2) is 5.43. The molecule has 2 rings (SSSR count). The minimum absolute atomic E-state index is 0.134. The number of rotatable bonds is 3. The molecule has 0 fully saturated rings. The molecule has 4 nitrogen and oxygen atoms in total. The van der Waals surface area contributed by atoms with Gasteiger partial charge in [-0.05, 0) is 18.2 Å². The van der Waals surface area contributed by atoms with E-state index in [1.54, 1.807) is 12.1 Å². The van der Waals surface area contributed by atoms with Crippen LogP contribution in [0.5, 0.6) is 0 Å². The second-order valence-electron chi connectivity index (χ2n) is 5.22. The summed E-state index contributed by atoms with van der Waals surface area (Å²) in [6, 6.07) is 5.40. The Kier molecular flexibility index (Phi) is 4.06. The van der Waals surface area contributed by atoms with Crippen molar-refractivity contribution in [1.82, 2.24) is 10.2 Å². The number of aromatic nitrogens is 2. The van der Waals surface area contributed by atoms with Crippen LogP contribution in [-0.2, 0) is 11.2 Å². The van der Waals surface area contributed by atoms with Crippen LogP contribution in [0.25, 0.3) is 0 Å². The fraction of sp³-hybridized carbons (Fsp3) is 0.385. The van der Waals surface area contributed by atoms with Gasteiger partial charge in [0.2, 0.25) is 11.8 Å². The highest BCUT2D eigenvalue weighted by Gasteiger charge is 2.21. The maximum absolute atomic E-state index is 5.94. The predicted octanol–water partition coefficient (Wildman–Crippen LogP) is 3.90. The molecule has 0 radical (unpaired) electrons. The maximum Gasteiger partial charge on any atom is 0.226 e. The van der Waals surface area contributed by atoms with Gasteiger partial charge in [-0.3, -0.25) is 0 Å². The average Bonchev–Trinajstić information content (AvgIpc) is 2.79. The number of hydrogen-bond donors (Lipinski definition) is 1. The zero-order valence-corrected chi connectivity index (χ0v) is 12.7. The molecule has 0 aliphatic carbocycles. The molecule has 2 aromatic rings. The summed E-state index contributed by atoms with van der Waals surface area (Å²) in [5.41, 5.74) is 6.45. The van der Waals surface area contributed by atoms with Crippen LogP contribution in [0.4, 0.5) is 5.69 Å². The smallest absolute Gasteiger partial charge is 0.226 e. The average molecular weight is 298 g/mol. The lowest BCUT2D eigenvalue weighted by Gasteiger charge is -2.11. The molecule has 0 aliphatic heterocycles. The largest absolute Gasteiger partial charge is 0.424 e. The third kappa shape index (κ3) is 3.64. The standard InChI is InChI=1S/C13H16ClN3OS/c1-13(2,3)12-17-16-11(18-12)7-19-10-6-8(14)4-5-9(10)15/h4-6H,7,15H2,1-3H3. The Morgan fingerprint density at radius 1 is 1.32 bits per heavy atom. The molecule has 0 spiro atoms. The molecule has 0 aliphatic rings. The van der Waals surface area contributed by atoms with E-state index in [9.17, 15) is 0 Å². The third-order valence-electron chi connectivity index (χ3n) is 2.44. The van der Waals surface area contributed by atoms with Gasteiger partial charge in [-0.1, -0.05) is 32.4 Å². The lowest BCUT2D eigenvalue weighted by molar-refractivity contribution is 0.378. The van der Waals surface area contributed by atoms with Crippen molar-refractivity contribution in [1.29, 1.82) is 0 Å². The number of nitrogens with zero attached hydrogens (tertiary/aromatic N) is 2. The van der Waals surface area contributed by atoms with Gasteiger partial charge in [-0.15, -0.1) is 22.0 Å². The van der Waals surface area contributed by atoms with E-state index in [-0.39, 0.29) is 5.41 Å². The Labute approximate surface area is 121 Å². The van der Waals surface area contributed by atoms with Gasteiger partial charge in [0, 0.05) is 21.0 Å².